The van der Waals surface area contributed by atoms with Gasteiger partial charge in [-0.2, -0.15) is 0 Å². The molecule has 140 valence electrons. The van der Waals surface area contributed by atoms with Gasteiger partial charge in [0, 0.05) is 0 Å². The number of benzene rings is 2. The van der Waals surface area contributed by atoms with E-state index in [-0.39, 0.29) is 0 Å². The van der Waals surface area contributed by atoms with Gasteiger partial charge in [-0.1, -0.05) is 48.5 Å². The summed E-state index contributed by atoms with van der Waals surface area (Å²) >= 11 is 0. The van der Waals surface area contributed by atoms with Crippen LogP contribution in [0.4, 0.5) is 0 Å². The van der Waals surface area contributed by atoms with Gasteiger partial charge < -0.3 is 20.4 Å². The summed E-state index contributed by atoms with van der Waals surface area (Å²) < 4.78 is 0. The Morgan fingerprint density at radius 2 is 0.769 bits per heavy atom. The maximum absolute atomic E-state index is 9.76. The second-order valence-corrected chi connectivity index (χ2v) is 5.14. The highest BCUT2D eigenvalue weighted by Gasteiger charge is 2.18. The number of carboxylic acids is 4. The Morgan fingerprint density at radius 1 is 0.577 bits per heavy atom. The fourth-order valence-electron chi connectivity index (χ4n) is 1.34. The number of aliphatic carboxylic acids is 4. The third kappa shape index (κ3) is 8.44. The van der Waals surface area contributed by atoms with Crippen LogP contribution in [0.15, 0.2) is 48.5 Å². The molecule has 8 heteroatoms. The lowest BCUT2D eigenvalue weighted by molar-refractivity contribution is -0.155. The maximum atomic E-state index is 9.76. The first-order chi connectivity index (χ1) is 12.1. The number of carbonyl (C=O) groups is 4. The number of fused-ring (bicyclic) bond motifs is 1. The quantitative estimate of drug-likeness (QED) is 0.604. The van der Waals surface area contributed by atoms with E-state index in [0.29, 0.717) is 0 Å². The first-order valence-corrected chi connectivity index (χ1v) is 7.43. The Kier molecular flexibility index (Phi) is 9.72. The monoisotopic (exact) mass is 364 g/mol. The molecule has 4 N–H and O–H groups in total. The van der Waals surface area contributed by atoms with Crippen LogP contribution in [0.1, 0.15) is 13.8 Å². The van der Waals surface area contributed by atoms with Gasteiger partial charge in [0.05, 0.1) is 0 Å². The number of carboxylic acid groups (broad SMARTS) is 4. The number of hydrogen-bond acceptors (Lipinski definition) is 4. The van der Waals surface area contributed by atoms with E-state index in [1.54, 1.807) is 0 Å². The van der Waals surface area contributed by atoms with E-state index in [4.69, 9.17) is 20.4 Å². The van der Waals surface area contributed by atoms with Gasteiger partial charge in [0.1, 0.15) is 0 Å². The van der Waals surface area contributed by atoms with Crippen LogP contribution in [0.3, 0.4) is 0 Å². The molecule has 0 heterocycles. The molecular formula is C18H20O8. The van der Waals surface area contributed by atoms with Gasteiger partial charge >= 0.3 is 23.9 Å². The van der Waals surface area contributed by atoms with Crippen molar-refractivity contribution in [3.63, 3.8) is 0 Å². The average molecular weight is 364 g/mol. The third-order valence-electron chi connectivity index (χ3n) is 3.14. The molecule has 0 saturated carbocycles. The molecule has 2 rings (SSSR count). The van der Waals surface area contributed by atoms with Gasteiger partial charge in [-0.15, -0.1) is 0 Å². The van der Waals surface area contributed by atoms with E-state index < -0.39 is 35.7 Å². The molecule has 0 unspecified atom stereocenters. The van der Waals surface area contributed by atoms with Crippen LogP contribution in [-0.4, -0.2) is 44.3 Å². The lowest BCUT2D eigenvalue weighted by Gasteiger charge is -1.94. The molecule has 0 amide bonds. The smallest absolute Gasteiger partial charge is 0.317 e. The molecule has 2 aromatic rings. The molecule has 0 radical (unpaired) electrons. The Balaban J connectivity index is 0.000000366. The van der Waals surface area contributed by atoms with E-state index in [1.165, 1.54) is 10.8 Å². The first-order valence-electron chi connectivity index (χ1n) is 7.43. The standard InChI is InChI=1S/C10H8.2C4H6O4/c1-2-6-10-8-4-3-7-9(10)5-1;2*1-2(3(5)6)4(7)8/h1-8H;2*2H,1H3,(H,5,6)(H,7,8). The second kappa shape index (κ2) is 11.2. The fourth-order valence-corrected chi connectivity index (χ4v) is 1.34. The van der Waals surface area contributed by atoms with E-state index in [0.717, 1.165) is 13.8 Å². The van der Waals surface area contributed by atoms with Crippen molar-refractivity contribution in [1.29, 1.82) is 0 Å². The van der Waals surface area contributed by atoms with Gasteiger partial charge in [-0.25, -0.2) is 0 Å². The van der Waals surface area contributed by atoms with Crippen molar-refractivity contribution in [3.8, 4) is 0 Å². The summed E-state index contributed by atoms with van der Waals surface area (Å²) in [6, 6.07) is 16.7. The molecule has 0 aliphatic rings. The zero-order valence-electron chi connectivity index (χ0n) is 14.2. The molecule has 0 saturated heterocycles. The van der Waals surface area contributed by atoms with Gasteiger partial charge in [0.25, 0.3) is 0 Å². The first kappa shape index (κ1) is 22.6. The highest BCUT2D eigenvalue weighted by molar-refractivity contribution is 5.92. The zero-order valence-corrected chi connectivity index (χ0v) is 14.2. The van der Waals surface area contributed by atoms with Crippen LogP contribution in [0.25, 0.3) is 10.8 Å². The van der Waals surface area contributed by atoms with E-state index in [9.17, 15) is 19.2 Å². The topological polar surface area (TPSA) is 149 Å². The van der Waals surface area contributed by atoms with Crippen molar-refractivity contribution in [2.45, 2.75) is 13.8 Å². The predicted molar refractivity (Wildman–Crippen MR) is 92.8 cm³/mol. The molecule has 0 aliphatic heterocycles. The minimum atomic E-state index is -1.31. The van der Waals surface area contributed by atoms with Crippen molar-refractivity contribution in [1.82, 2.24) is 0 Å². The molecule has 0 aromatic heterocycles. The molecular weight excluding hydrogens is 344 g/mol. The Morgan fingerprint density at radius 3 is 0.885 bits per heavy atom. The minimum absolute atomic E-state index is 1.12. The molecule has 0 aliphatic carbocycles. The van der Waals surface area contributed by atoms with Crippen molar-refractivity contribution in [3.05, 3.63) is 48.5 Å². The Hall–Kier alpha value is -3.42. The van der Waals surface area contributed by atoms with Crippen LogP contribution in [0.5, 0.6) is 0 Å². The maximum Gasteiger partial charge on any atom is 0.317 e. The largest absolute Gasteiger partial charge is 0.481 e. The van der Waals surface area contributed by atoms with Crippen LogP contribution in [-0.2, 0) is 19.2 Å². The molecule has 8 nitrogen and oxygen atoms in total. The van der Waals surface area contributed by atoms with Gasteiger partial charge in [-0.3, -0.25) is 19.2 Å². The number of rotatable bonds is 4. The number of hydrogen-bond donors (Lipinski definition) is 4. The van der Waals surface area contributed by atoms with Gasteiger partial charge in [0.15, 0.2) is 11.8 Å². The van der Waals surface area contributed by atoms with Crippen LogP contribution in [0, 0.1) is 11.8 Å². The summed E-state index contributed by atoms with van der Waals surface area (Å²) in [5, 5.41) is 34.5. The lowest BCUT2D eigenvalue weighted by atomic mass is 10.1. The summed E-state index contributed by atoms with van der Waals surface area (Å²) in [7, 11) is 0. The van der Waals surface area contributed by atoms with Crippen LogP contribution >= 0.6 is 0 Å². The third-order valence-corrected chi connectivity index (χ3v) is 3.14. The molecule has 0 spiro atoms. The summed E-state index contributed by atoms with van der Waals surface area (Å²) in [5.74, 6) is -7.82. The second-order valence-electron chi connectivity index (χ2n) is 5.14. The molecule has 26 heavy (non-hydrogen) atoms. The predicted octanol–water partition coefficient (Wildman–Crippen LogP) is 2.42. The molecule has 0 atom stereocenters. The summed E-state index contributed by atoms with van der Waals surface area (Å²) in [5.41, 5.74) is 0. The minimum Gasteiger partial charge on any atom is -0.481 e. The fraction of sp³-hybridized carbons (Fsp3) is 0.222. The van der Waals surface area contributed by atoms with E-state index >= 15 is 0 Å². The molecule has 2 aromatic carbocycles. The molecule has 0 fully saturated rings. The highest BCUT2D eigenvalue weighted by Crippen LogP contribution is 2.11. The summed E-state index contributed by atoms with van der Waals surface area (Å²) in [6.07, 6.45) is 0. The SMILES string of the molecule is CC(C(=O)O)C(=O)O.CC(C(=O)O)C(=O)O.c1ccc2ccccc2c1. The van der Waals surface area contributed by atoms with Gasteiger partial charge in [-0.05, 0) is 24.6 Å². The Bertz CT molecular complexity index is 645. The normalized spacial score (nSPS) is 9.54. The van der Waals surface area contributed by atoms with Crippen LogP contribution in [0.2, 0.25) is 0 Å². The molecule has 0 bridgehead atoms. The summed E-state index contributed by atoms with van der Waals surface area (Å²) in [6.45, 7) is 2.23. The van der Waals surface area contributed by atoms with Crippen LogP contribution < -0.4 is 0 Å². The van der Waals surface area contributed by atoms with E-state index in [2.05, 4.69) is 48.5 Å². The Labute approximate surface area is 149 Å². The van der Waals surface area contributed by atoms with Crippen molar-refractivity contribution < 1.29 is 39.6 Å². The van der Waals surface area contributed by atoms with E-state index in [1.807, 2.05) is 0 Å². The highest BCUT2D eigenvalue weighted by atomic mass is 16.4. The zero-order chi connectivity index (χ0) is 20.3. The van der Waals surface area contributed by atoms with Crippen molar-refractivity contribution >= 4 is 34.6 Å². The average Bonchev–Trinajstić information content (AvgIpc) is 2.61. The van der Waals surface area contributed by atoms with Crippen molar-refractivity contribution in [2.24, 2.45) is 11.8 Å². The van der Waals surface area contributed by atoms with Crippen molar-refractivity contribution in [2.75, 3.05) is 0 Å². The lowest BCUT2D eigenvalue weighted by Crippen LogP contribution is -2.19. The van der Waals surface area contributed by atoms with Gasteiger partial charge in [0.2, 0.25) is 0 Å². The summed E-state index contributed by atoms with van der Waals surface area (Å²) in [4.78, 5) is 39.0.